The van der Waals surface area contributed by atoms with Gasteiger partial charge in [0.05, 0.1) is 19.3 Å². The van der Waals surface area contributed by atoms with E-state index >= 15 is 0 Å². The summed E-state index contributed by atoms with van der Waals surface area (Å²) in [4.78, 5) is 2.42. The van der Waals surface area contributed by atoms with E-state index in [2.05, 4.69) is 34.5 Å². The standard InChI is InChI=1S/C16H26N2O3/c1-13(16(19-2)20-3)17-15-6-4-14(5-7-15)12-18-8-10-21-11-9-18/h4-7,13,16-17H,8-12H2,1-3H3. The molecule has 0 spiro atoms. The van der Waals surface area contributed by atoms with Crippen LogP contribution in [-0.4, -0.2) is 57.8 Å². The second kappa shape index (κ2) is 8.34. The molecule has 1 aromatic rings. The summed E-state index contributed by atoms with van der Waals surface area (Å²) in [5.41, 5.74) is 2.40. The number of hydrogen-bond donors (Lipinski definition) is 1. The highest BCUT2D eigenvalue weighted by Gasteiger charge is 2.15. The van der Waals surface area contributed by atoms with E-state index in [1.807, 2.05) is 6.92 Å². The average Bonchev–Trinajstić information content (AvgIpc) is 2.51. The Hall–Kier alpha value is -1.14. The van der Waals surface area contributed by atoms with Gasteiger partial charge < -0.3 is 19.5 Å². The number of methoxy groups -OCH3 is 2. The number of nitrogens with one attached hydrogen (secondary N) is 1. The number of ether oxygens (including phenoxy) is 3. The molecule has 0 aromatic heterocycles. The molecule has 118 valence electrons. The van der Waals surface area contributed by atoms with Gasteiger partial charge in [0.1, 0.15) is 0 Å². The van der Waals surface area contributed by atoms with E-state index in [4.69, 9.17) is 14.2 Å². The second-order valence-electron chi connectivity index (χ2n) is 5.36. The molecule has 1 atom stereocenters. The molecule has 1 unspecified atom stereocenters. The summed E-state index contributed by atoms with van der Waals surface area (Å²) < 4.78 is 15.9. The van der Waals surface area contributed by atoms with Crippen molar-refractivity contribution in [3.05, 3.63) is 29.8 Å². The van der Waals surface area contributed by atoms with Crippen LogP contribution in [-0.2, 0) is 20.8 Å². The average molecular weight is 294 g/mol. The van der Waals surface area contributed by atoms with Gasteiger partial charge in [0.25, 0.3) is 0 Å². The van der Waals surface area contributed by atoms with Gasteiger partial charge in [0.2, 0.25) is 0 Å². The summed E-state index contributed by atoms with van der Waals surface area (Å²) in [6, 6.07) is 8.63. The summed E-state index contributed by atoms with van der Waals surface area (Å²) in [6.45, 7) is 6.73. The maximum Gasteiger partial charge on any atom is 0.176 e. The molecule has 0 radical (unpaired) electrons. The Morgan fingerprint density at radius 3 is 2.33 bits per heavy atom. The SMILES string of the molecule is COC(OC)C(C)Nc1ccc(CN2CCOCC2)cc1. The third kappa shape index (κ3) is 4.97. The van der Waals surface area contributed by atoms with Gasteiger partial charge in [-0.05, 0) is 24.6 Å². The van der Waals surface area contributed by atoms with Crippen LogP contribution in [0.2, 0.25) is 0 Å². The van der Waals surface area contributed by atoms with Gasteiger partial charge in [-0.3, -0.25) is 4.90 Å². The fraction of sp³-hybridized carbons (Fsp3) is 0.625. The first-order valence-corrected chi connectivity index (χ1v) is 7.44. The number of morpholine rings is 1. The van der Waals surface area contributed by atoms with Gasteiger partial charge in [-0.15, -0.1) is 0 Å². The van der Waals surface area contributed by atoms with Crippen molar-refractivity contribution in [1.29, 1.82) is 0 Å². The van der Waals surface area contributed by atoms with Crippen LogP contribution in [0.25, 0.3) is 0 Å². The molecule has 5 heteroatoms. The Morgan fingerprint density at radius 2 is 1.76 bits per heavy atom. The molecular formula is C16H26N2O3. The van der Waals surface area contributed by atoms with Gasteiger partial charge in [0, 0.05) is 39.5 Å². The van der Waals surface area contributed by atoms with Crippen molar-refractivity contribution in [2.24, 2.45) is 0 Å². The first-order valence-electron chi connectivity index (χ1n) is 7.44. The van der Waals surface area contributed by atoms with Crippen molar-refractivity contribution in [3.63, 3.8) is 0 Å². The number of anilines is 1. The first kappa shape index (κ1) is 16.2. The second-order valence-corrected chi connectivity index (χ2v) is 5.36. The van der Waals surface area contributed by atoms with Crippen LogP contribution in [0.3, 0.4) is 0 Å². The van der Waals surface area contributed by atoms with Crippen LogP contribution in [0.15, 0.2) is 24.3 Å². The van der Waals surface area contributed by atoms with Crippen molar-refractivity contribution in [3.8, 4) is 0 Å². The van der Waals surface area contributed by atoms with Crippen LogP contribution >= 0.6 is 0 Å². The van der Waals surface area contributed by atoms with Crippen molar-refractivity contribution in [2.75, 3.05) is 45.8 Å². The van der Waals surface area contributed by atoms with E-state index in [-0.39, 0.29) is 12.3 Å². The van der Waals surface area contributed by atoms with Crippen LogP contribution in [0.1, 0.15) is 12.5 Å². The molecule has 0 bridgehead atoms. The minimum atomic E-state index is -0.252. The lowest BCUT2D eigenvalue weighted by Gasteiger charge is -2.27. The molecule has 21 heavy (non-hydrogen) atoms. The third-order valence-electron chi connectivity index (χ3n) is 3.73. The topological polar surface area (TPSA) is 43.0 Å². The molecule has 1 fully saturated rings. The summed E-state index contributed by atoms with van der Waals surface area (Å²) >= 11 is 0. The van der Waals surface area contributed by atoms with Crippen LogP contribution in [0.4, 0.5) is 5.69 Å². The van der Waals surface area contributed by atoms with Crippen LogP contribution in [0.5, 0.6) is 0 Å². The summed E-state index contributed by atoms with van der Waals surface area (Å²) in [7, 11) is 3.30. The largest absolute Gasteiger partial charge is 0.379 e. The van der Waals surface area contributed by atoms with Crippen molar-refractivity contribution < 1.29 is 14.2 Å². The van der Waals surface area contributed by atoms with Crippen molar-refractivity contribution in [1.82, 2.24) is 4.90 Å². The Bertz CT molecular complexity index is 400. The molecule has 1 aromatic carbocycles. The molecule has 1 N–H and O–H groups in total. The van der Waals surface area contributed by atoms with Crippen molar-refractivity contribution in [2.45, 2.75) is 25.8 Å². The fourth-order valence-electron chi connectivity index (χ4n) is 2.56. The molecule has 1 saturated heterocycles. The molecule has 5 nitrogen and oxygen atoms in total. The lowest BCUT2D eigenvalue weighted by Crippen LogP contribution is -2.35. The Labute approximate surface area is 127 Å². The van der Waals surface area contributed by atoms with E-state index in [1.165, 1.54) is 5.56 Å². The van der Waals surface area contributed by atoms with Gasteiger partial charge in [0.15, 0.2) is 6.29 Å². The third-order valence-corrected chi connectivity index (χ3v) is 3.73. The Morgan fingerprint density at radius 1 is 1.14 bits per heavy atom. The highest BCUT2D eigenvalue weighted by Crippen LogP contribution is 2.15. The van der Waals surface area contributed by atoms with E-state index in [1.54, 1.807) is 14.2 Å². The predicted molar refractivity (Wildman–Crippen MR) is 83.4 cm³/mol. The minimum absolute atomic E-state index is 0.0880. The summed E-state index contributed by atoms with van der Waals surface area (Å²) in [5.74, 6) is 0. The predicted octanol–water partition coefficient (Wildman–Crippen LogP) is 1.94. The number of hydrogen-bond acceptors (Lipinski definition) is 5. The molecule has 0 aliphatic carbocycles. The van der Waals surface area contributed by atoms with E-state index < -0.39 is 0 Å². The Kier molecular flexibility index (Phi) is 6.45. The number of nitrogens with zero attached hydrogens (tertiary/aromatic N) is 1. The molecule has 0 amide bonds. The molecule has 1 heterocycles. The molecular weight excluding hydrogens is 268 g/mol. The number of benzene rings is 1. The summed E-state index contributed by atoms with van der Waals surface area (Å²) in [6.07, 6.45) is -0.252. The maximum atomic E-state index is 5.37. The van der Waals surface area contributed by atoms with Gasteiger partial charge in [-0.25, -0.2) is 0 Å². The quantitative estimate of drug-likeness (QED) is 0.779. The maximum absolute atomic E-state index is 5.37. The normalized spacial score (nSPS) is 17.9. The van der Waals surface area contributed by atoms with Gasteiger partial charge in [-0.2, -0.15) is 0 Å². The molecule has 1 aliphatic rings. The van der Waals surface area contributed by atoms with E-state index in [0.29, 0.717) is 0 Å². The van der Waals surface area contributed by atoms with Crippen molar-refractivity contribution >= 4 is 5.69 Å². The molecule has 1 aliphatic heterocycles. The highest BCUT2D eigenvalue weighted by molar-refractivity contribution is 5.45. The Balaban J connectivity index is 1.86. The number of rotatable bonds is 7. The van der Waals surface area contributed by atoms with Crippen LogP contribution in [0, 0.1) is 0 Å². The zero-order valence-corrected chi connectivity index (χ0v) is 13.2. The van der Waals surface area contributed by atoms with E-state index in [0.717, 1.165) is 38.5 Å². The van der Waals surface area contributed by atoms with Gasteiger partial charge >= 0.3 is 0 Å². The van der Waals surface area contributed by atoms with Crippen LogP contribution < -0.4 is 5.32 Å². The highest BCUT2D eigenvalue weighted by atomic mass is 16.7. The molecule has 0 saturated carbocycles. The van der Waals surface area contributed by atoms with Gasteiger partial charge in [-0.1, -0.05) is 12.1 Å². The first-order chi connectivity index (χ1) is 10.2. The lowest BCUT2D eigenvalue weighted by molar-refractivity contribution is -0.109. The summed E-state index contributed by atoms with van der Waals surface area (Å²) in [5, 5.41) is 3.39. The van der Waals surface area contributed by atoms with E-state index in [9.17, 15) is 0 Å². The monoisotopic (exact) mass is 294 g/mol. The zero-order valence-electron chi connectivity index (χ0n) is 13.2. The zero-order chi connectivity index (χ0) is 15.1. The lowest BCUT2D eigenvalue weighted by atomic mass is 10.1. The fourth-order valence-corrected chi connectivity index (χ4v) is 2.56. The molecule has 2 rings (SSSR count). The minimum Gasteiger partial charge on any atom is -0.379 e. The smallest absolute Gasteiger partial charge is 0.176 e.